The summed E-state index contributed by atoms with van der Waals surface area (Å²) >= 11 is 1.47. The van der Waals surface area contributed by atoms with Crippen molar-refractivity contribution in [1.29, 1.82) is 0 Å². The Hall–Kier alpha value is -0.420. The van der Waals surface area contributed by atoms with Gasteiger partial charge in [-0.25, -0.2) is 0 Å². The van der Waals surface area contributed by atoms with Crippen LogP contribution in [0.5, 0.6) is 0 Å². The highest BCUT2D eigenvalue weighted by Gasteiger charge is 2.14. The van der Waals surface area contributed by atoms with Crippen molar-refractivity contribution in [3.8, 4) is 0 Å². The summed E-state index contributed by atoms with van der Waals surface area (Å²) in [4.78, 5) is 12.3. The zero-order valence-corrected chi connectivity index (χ0v) is 10.6. The smallest absolute Gasteiger partial charge is 0.198 e. The van der Waals surface area contributed by atoms with Crippen LogP contribution in [0.3, 0.4) is 0 Å². The molecule has 0 radical (unpaired) electrons. The number of rotatable bonds is 5. The van der Waals surface area contributed by atoms with E-state index in [-0.39, 0.29) is 24.8 Å². The molecule has 0 spiro atoms. The summed E-state index contributed by atoms with van der Waals surface area (Å²) in [7, 11) is 0. The van der Waals surface area contributed by atoms with Gasteiger partial charge in [-0.1, -0.05) is 6.07 Å². The molecule has 3 nitrogen and oxygen atoms in total. The first-order valence-electron chi connectivity index (χ1n) is 5.24. The summed E-state index contributed by atoms with van der Waals surface area (Å²) in [5.74, 6) is 0.0861. The summed E-state index contributed by atoms with van der Waals surface area (Å²) in [6.07, 6.45) is 2.38. The Morgan fingerprint density at radius 1 is 1.62 bits per heavy atom. The lowest BCUT2D eigenvalue weighted by molar-refractivity contribution is 0.0727. The van der Waals surface area contributed by atoms with Gasteiger partial charge >= 0.3 is 0 Å². The zero-order valence-electron chi connectivity index (χ0n) is 8.98. The van der Waals surface area contributed by atoms with Crippen LogP contribution in [0.2, 0.25) is 0 Å². The van der Waals surface area contributed by atoms with Gasteiger partial charge < -0.3 is 10.1 Å². The Balaban J connectivity index is 0.00000128. The predicted molar refractivity (Wildman–Crippen MR) is 67.7 cm³/mol. The van der Waals surface area contributed by atoms with Crippen LogP contribution in [0.4, 0.5) is 0 Å². The molecule has 0 amide bonds. The lowest BCUT2D eigenvalue weighted by Crippen LogP contribution is -2.27. The normalized spacial score (nSPS) is 19.4. The quantitative estimate of drug-likeness (QED) is 0.826. The van der Waals surface area contributed by atoms with Crippen molar-refractivity contribution in [2.45, 2.75) is 18.9 Å². The van der Waals surface area contributed by atoms with Crippen LogP contribution < -0.4 is 5.32 Å². The molecule has 2 heterocycles. The molecule has 1 aliphatic heterocycles. The average Bonchev–Trinajstić information content (AvgIpc) is 2.90. The van der Waals surface area contributed by atoms with Crippen LogP contribution in [0.25, 0.3) is 0 Å². The second kappa shape index (κ2) is 7.01. The van der Waals surface area contributed by atoms with Gasteiger partial charge in [0, 0.05) is 6.04 Å². The Bertz CT molecular complexity index is 310. The van der Waals surface area contributed by atoms with E-state index >= 15 is 0 Å². The predicted octanol–water partition coefficient (Wildman–Crippen LogP) is 2.12. The van der Waals surface area contributed by atoms with E-state index in [0.717, 1.165) is 17.8 Å². The molecule has 16 heavy (non-hydrogen) atoms. The number of hydrogen-bond donors (Lipinski definition) is 1. The first-order valence-corrected chi connectivity index (χ1v) is 6.12. The molecule has 5 heteroatoms. The van der Waals surface area contributed by atoms with E-state index in [1.807, 2.05) is 17.5 Å². The third kappa shape index (κ3) is 3.87. The van der Waals surface area contributed by atoms with Crippen molar-refractivity contribution in [1.82, 2.24) is 5.32 Å². The molecule has 1 aromatic heterocycles. The van der Waals surface area contributed by atoms with E-state index in [2.05, 4.69) is 5.32 Å². The number of nitrogens with one attached hydrogen (secondary N) is 1. The third-order valence-corrected chi connectivity index (χ3v) is 3.42. The summed E-state index contributed by atoms with van der Waals surface area (Å²) in [5, 5.41) is 5.24. The first kappa shape index (κ1) is 13.6. The molecule has 0 bridgehead atoms. The van der Waals surface area contributed by atoms with Gasteiger partial charge in [0.2, 0.25) is 0 Å². The van der Waals surface area contributed by atoms with Crippen LogP contribution in [-0.2, 0) is 4.74 Å². The Morgan fingerprint density at radius 2 is 2.50 bits per heavy atom. The summed E-state index contributed by atoms with van der Waals surface area (Å²) in [5.41, 5.74) is 0. The van der Waals surface area contributed by atoms with Gasteiger partial charge in [0.05, 0.1) is 11.5 Å². The van der Waals surface area contributed by atoms with Crippen molar-refractivity contribution in [3.05, 3.63) is 22.4 Å². The lowest BCUT2D eigenvalue weighted by Gasteiger charge is -2.09. The Labute approximate surface area is 106 Å². The number of ketones is 1. The van der Waals surface area contributed by atoms with E-state index in [4.69, 9.17) is 4.74 Å². The molecule has 1 atom stereocenters. The molecular formula is C11H16ClNO2S. The van der Waals surface area contributed by atoms with Crippen molar-refractivity contribution < 1.29 is 9.53 Å². The Morgan fingerprint density at radius 3 is 3.12 bits per heavy atom. The molecule has 1 saturated heterocycles. The Kier molecular flexibility index (Phi) is 5.98. The molecule has 90 valence electrons. The largest absolute Gasteiger partial charge is 0.372 e. The van der Waals surface area contributed by atoms with E-state index < -0.39 is 0 Å². The number of ether oxygens (including phenoxy) is 1. The second-order valence-electron chi connectivity index (χ2n) is 3.71. The highest BCUT2D eigenvalue weighted by atomic mass is 35.5. The number of Topliss-reactive ketones (excluding diaryl/α,β-unsaturated/α-hetero) is 1. The van der Waals surface area contributed by atoms with Gasteiger partial charge in [-0.05, 0) is 30.8 Å². The van der Waals surface area contributed by atoms with Crippen LogP contribution >= 0.6 is 23.7 Å². The van der Waals surface area contributed by atoms with Gasteiger partial charge in [-0.3, -0.25) is 4.79 Å². The minimum atomic E-state index is 0. The lowest BCUT2D eigenvalue weighted by atomic mass is 10.2. The van der Waals surface area contributed by atoms with Crippen molar-refractivity contribution in [2.24, 2.45) is 0 Å². The minimum absolute atomic E-state index is 0. The summed E-state index contributed by atoms with van der Waals surface area (Å²) in [6.45, 7) is 1.93. The highest BCUT2D eigenvalue weighted by molar-refractivity contribution is 7.12. The number of carbonyl (C=O) groups excluding carboxylic acids is 1. The minimum Gasteiger partial charge on any atom is -0.372 e. The third-order valence-electron chi connectivity index (χ3n) is 2.51. The molecule has 1 N–H and O–H groups in total. The highest BCUT2D eigenvalue weighted by Crippen LogP contribution is 2.10. The number of thiophene rings is 1. The number of carbonyl (C=O) groups is 1. The van der Waals surface area contributed by atoms with Crippen LogP contribution in [-0.4, -0.2) is 31.6 Å². The molecule has 1 aromatic rings. The van der Waals surface area contributed by atoms with Crippen molar-refractivity contribution in [2.75, 3.05) is 19.8 Å². The van der Waals surface area contributed by atoms with Gasteiger partial charge in [0.1, 0.15) is 6.61 Å². The topological polar surface area (TPSA) is 38.3 Å². The SMILES string of the molecule is Cl.O=C(COCC1CCCN1)c1cccs1. The molecule has 0 aromatic carbocycles. The molecule has 1 fully saturated rings. The van der Waals surface area contributed by atoms with Gasteiger partial charge in [0.15, 0.2) is 5.78 Å². The monoisotopic (exact) mass is 261 g/mol. The van der Waals surface area contributed by atoms with Crippen LogP contribution in [0.15, 0.2) is 17.5 Å². The maximum absolute atomic E-state index is 11.5. The molecule has 0 aliphatic carbocycles. The molecular weight excluding hydrogens is 246 g/mol. The van der Waals surface area contributed by atoms with Gasteiger partial charge in [0.25, 0.3) is 0 Å². The molecule has 1 unspecified atom stereocenters. The van der Waals surface area contributed by atoms with Crippen molar-refractivity contribution >= 4 is 29.5 Å². The van der Waals surface area contributed by atoms with E-state index in [9.17, 15) is 4.79 Å². The van der Waals surface area contributed by atoms with Gasteiger partial charge in [-0.2, -0.15) is 0 Å². The fourth-order valence-electron chi connectivity index (χ4n) is 1.70. The standard InChI is InChI=1S/C11H15NO2S.ClH/c13-10(11-4-2-6-15-11)8-14-7-9-3-1-5-12-9;/h2,4,6,9,12H,1,3,5,7-8H2;1H. The molecule has 2 rings (SSSR count). The average molecular weight is 262 g/mol. The fraction of sp³-hybridized carbons (Fsp3) is 0.545. The number of hydrogen-bond acceptors (Lipinski definition) is 4. The van der Waals surface area contributed by atoms with E-state index in [1.165, 1.54) is 17.8 Å². The number of halogens is 1. The maximum Gasteiger partial charge on any atom is 0.198 e. The van der Waals surface area contributed by atoms with Gasteiger partial charge in [-0.15, -0.1) is 23.7 Å². The van der Waals surface area contributed by atoms with Crippen LogP contribution in [0, 0.1) is 0 Å². The molecule has 0 saturated carbocycles. The van der Waals surface area contributed by atoms with E-state index in [1.54, 1.807) is 0 Å². The maximum atomic E-state index is 11.5. The zero-order chi connectivity index (χ0) is 10.5. The van der Waals surface area contributed by atoms with Crippen molar-refractivity contribution in [3.63, 3.8) is 0 Å². The summed E-state index contributed by atoms with van der Waals surface area (Å²) < 4.78 is 5.40. The second-order valence-corrected chi connectivity index (χ2v) is 4.66. The molecule has 1 aliphatic rings. The van der Waals surface area contributed by atoms with E-state index in [0.29, 0.717) is 12.6 Å². The van der Waals surface area contributed by atoms with Crippen LogP contribution in [0.1, 0.15) is 22.5 Å². The first-order chi connectivity index (χ1) is 7.36. The fourth-order valence-corrected chi connectivity index (χ4v) is 2.35. The summed E-state index contributed by atoms with van der Waals surface area (Å²) in [6, 6.07) is 4.17.